The Labute approximate surface area is 181 Å². The number of rotatable bonds is 4. The molecule has 2 aliphatic rings. The second-order valence-electron chi connectivity index (χ2n) is 7.80. The predicted molar refractivity (Wildman–Crippen MR) is 116 cm³/mol. The van der Waals surface area contributed by atoms with Crippen molar-refractivity contribution in [3.63, 3.8) is 0 Å². The fraction of sp³-hybridized carbons (Fsp3) is 0.429. The molecule has 2 aromatic rings. The summed E-state index contributed by atoms with van der Waals surface area (Å²) in [6.07, 6.45) is 8.32. The molecule has 0 radical (unpaired) electrons. The Balaban J connectivity index is 1.43. The molecule has 160 valence electrons. The van der Waals surface area contributed by atoms with Gasteiger partial charge in [0.05, 0.1) is 12.4 Å². The molecule has 2 heterocycles. The lowest BCUT2D eigenvalue weighted by Crippen LogP contribution is -2.39. The van der Waals surface area contributed by atoms with E-state index in [1.54, 1.807) is 30.5 Å². The Hall–Kier alpha value is -2.16. The molecule has 1 amide bonds. The Kier molecular flexibility index (Phi) is 6.26. The van der Waals surface area contributed by atoms with Crippen molar-refractivity contribution in [1.82, 2.24) is 14.6 Å². The van der Waals surface area contributed by atoms with Crippen LogP contribution in [0.5, 0.6) is 0 Å². The van der Waals surface area contributed by atoms with Gasteiger partial charge in [0.1, 0.15) is 10.6 Å². The van der Waals surface area contributed by atoms with E-state index in [1.807, 2.05) is 0 Å². The van der Waals surface area contributed by atoms with Gasteiger partial charge in [-0.2, -0.15) is 4.31 Å². The van der Waals surface area contributed by atoms with Gasteiger partial charge < -0.3 is 10.6 Å². The summed E-state index contributed by atoms with van der Waals surface area (Å²) >= 11 is 5.98. The Morgan fingerprint density at radius 3 is 2.63 bits per heavy atom. The van der Waals surface area contributed by atoms with E-state index in [2.05, 4.69) is 15.6 Å². The number of carbonyl (C=O) groups excluding carboxylic acids is 1. The van der Waals surface area contributed by atoms with Crippen molar-refractivity contribution in [2.45, 2.75) is 56.0 Å². The maximum Gasteiger partial charge on any atom is 0.270 e. The number of aromatic nitrogens is 1. The zero-order valence-electron chi connectivity index (χ0n) is 16.6. The van der Waals surface area contributed by atoms with Gasteiger partial charge in [-0.15, -0.1) is 0 Å². The van der Waals surface area contributed by atoms with Crippen molar-refractivity contribution in [2.24, 2.45) is 0 Å². The number of fused-ring (bicyclic) bond motifs is 1. The van der Waals surface area contributed by atoms with Crippen LogP contribution in [0.25, 0.3) is 0 Å². The first kappa shape index (κ1) is 21.1. The van der Waals surface area contributed by atoms with Gasteiger partial charge in [-0.25, -0.2) is 8.42 Å². The molecule has 9 heteroatoms. The van der Waals surface area contributed by atoms with E-state index < -0.39 is 10.0 Å². The number of nitrogens with one attached hydrogen (secondary N) is 2. The van der Waals surface area contributed by atoms with E-state index in [0.29, 0.717) is 22.0 Å². The van der Waals surface area contributed by atoms with Gasteiger partial charge in [-0.1, -0.05) is 43.4 Å². The number of amides is 1. The van der Waals surface area contributed by atoms with Crippen LogP contribution in [0.2, 0.25) is 5.02 Å². The molecular formula is C21H25ClN4O3S. The lowest BCUT2D eigenvalue weighted by molar-refractivity contribution is 0.0928. The second-order valence-corrected chi connectivity index (χ2v) is 10.1. The predicted octanol–water partition coefficient (Wildman–Crippen LogP) is 3.76. The first-order valence-corrected chi connectivity index (χ1v) is 12.0. The minimum atomic E-state index is -3.67. The highest BCUT2D eigenvalue weighted by Gasteiger charge is 2.31. The molecule has 1 saturated carbocycles. The molecular weight excluding hydrogens is 424 g/mol. The van der Waals surface area contributed by atoms with E-state index in [4.69, 9.17) is 11.6 Å². The molecule has 1 fully saturated rings. The number of anilines is 1. The van der Waals surface area contributed by atoms with Crippen molar-refractivity contribution >= 4 is 33.2 Å². The van der Waals surface area contributed by atoms with Gasteiger partial charge >= 0.3 is 0 Å². The zero-order chi connectivity index (χ0) is 21.1. The highest BCUT2D eigenvalue weighted by atomic mass is 35.5. The van der Waals surface area contributed by atoms with E-state index in [0.717, 1.165) is 25.7 Å². The van der Waals surface area contributed by atoms with Crippen LogP contribution in [0.1, 0.15) is 54.6 Å². The topological polar surface area (TPSA) is 91.4 Å². The summed E-state index contributed by atoms with van der Waals surface area (Å²) in [5.74, 6) is -0.177. The van der Waals surface area contributed by atoms with Gasteiger partial charge in [-0.3, -0.25) is 9.78 Å². The summed E-state index contributed by atoms with van der Waals surface area (Å²) in [6.45, 7) is 0.305. The molecule has 0 atom stereocenters. The maximum absolute atomic E-state index is 12.9. The summed E-state index contributed by atoms with van der Waals surface area (Å²) < 4.78 is 27.2. The first-order chi connectivity index (χ1) is 14.4. The number of hydrogen-bond donors (Lipinski definition) is 2. The summed E-state index contributed by atoms with van der Waals surface area (Å²) in [5, 5.41) is 6.54. The van der Waals surface area contributed by atoms with E-state index in [1.165, 1.54) is 23.2 Å². The van der Waals surface area contributed by atoms with Gasteiger partial charge in [0, 0.05) is 23.8 Å². The number of hydrogen-bond acceptors (Lipinski definition) is 5. The molecule has 0 spiro atoms. The molecule has 30 heavy (non-hydrogen) atoms. The summed E-state index contributed by atoms with van der Waals surface area (Å²) in [7, 11) is -3.67. The number of pyridine rings is 1. The van der Waals surface area contributed by atoms with Crippen LogP contribution >= 0.6 is 11.6 Å². The highest BCUT2D eigenvalue weighted by Crippen LogP contribution is 2.32. The fourth-order valence-corrected chi connectivity index (χ4v) is 5.70. The third-order valence-corrected chi connectivity index (χ3v) is 7.68. The third kappa shape index (κ3) is 4.61. The van der Waals surface area contributed by atoms with Crippen molar-refractivity contribution in [3.8, 4) is 0 Å². The normalized spacial score (nSPS) is 19.4. The van der Waals surface area contributed by atoms with Crippen molar-refractivity contribution < 1.29 is 13.2 Å². The Morgan fingerprint density at radius 2 is 1.93 bits per heavy atom. The molecule has 2 N–H and O–H groups in total. The number of benzene rings is 1. The van der Waals surface area contributed by atoms with E-state index >= 15 is 0 Å². The maximum atomic E-state index is 12.9. The number of halogens is 1. The molecule has 0 bridgehead atoms. The van der Waals surface area contributed by atoms with Gasteiger partial charge in [0.25, 0.3) is 5.91 Å². The van der Waals surface area contributed by atoms with Crippen LogP contribution in [0.3, 0.4) is 0 Å². The van der Waals surface area contributed by atoms with Crippen molar-refractivity contribution in [1.29, 1.82) is 0 Å². The van der Waals surface area contributed by atoms with Crippen LogP contribution in [0.15, 0.2) is 41.4 Å². The second kappa shape index (κ2) is 8.91. The highest BCUT2D eigenvalue weighted by molar-refractivity contribution is 7.89. The van der Waals surface area contributed by atoms with Crippen LogP contribution in [0, 0.1) is 0 Å². The zero-order valence-corrected chi connectivity index (χ0v) is 18.2. The SMILES string of the molecule is O=C(NC1CCCCCC1)c1ccc(CN2CNc3ccc(Cl)cc3S2(=O)=O)cn1. The van der Waals surface area contributed by atoms with Crippen LogP contribution in [-0.2, 0) is 16.6 Å². The van der Waals surface area contributed by atoms with Crippen LogP contribution in [0.4, 0.5) is 5.69 Å². The quantitative estimate of drug-likeness (QED) is 0.695. The number of carbonyl (C=O) groups is 1. The molecule has 1 aromatic carbocycles. The van der Waals surface area contributed by atoms with Gasteiger partial charge in [-0.05, 0) is 42.7 Å². The van der Waals surface area contributed by atoms with Gasteiger partial charge in [0.2, 0.25) is 10.0 Å². The van der Waals surface area contributed by atoms with Crippen LogP contribution in [-0.4, -0.2) is 36.3 Å². The van der Waals surface area contributed by atoms with Crippen molar-refractivity contribution in [2.75, 3.05) is 12.0 Å². The minimum absolute atomic E-state index is 0.152. The summed E-state index contributed by atoms with van der Waals surface area (Å²) in [6, 6.07) is 8.37. The monoisotopic (exact) mass is 448 g/mol. The standard InChI is InChI=1S/C21H25ClN4O3S/c22-16-8-10-18-20(11-16)30(28,29)26(14-24-18)13-15-7-9-19(23-12-15)21(27)25-17-5-3-1-2-4-6-17/h7-12,17,24H,1-6,13-14H2,(H,25,27). The smallest absolute Gasteiger partial charge is 0.270 e. The molecule has 1 aromatic heterocycles. The largest absolute Gasteiger partial charge is 0.370 e. The van der Waals surface area contributed by atoms with Gasteiger partial charge in [0.15, 0.2) is 0 Å². The molecule has 4 rings (SSSR count). The third-order valence-electron chi connectivity index (χ3n) is 5.61. The summed E-state index contributed by atoms with van der Waals surface area (Å²) in [5.41, 5.74) is 1.59. The molecule has 1 aliphatic heterocycles. The number of sulfonamides is 1. The lowest BCUT2D eigenvalue weighted by Gasteiger charge is -2.29. The minimum Gasteiger partial charge on any atom is -0.370 e. The number of nitrogens with zero attached hydrogens (tertiary/aromatic N) is 2. The first-order valence-electron chi connectivity index (χ1n) is 10.2. The fourth-order valence-electron chi connectivity index (χ4n) is 3.93. The average Bonchev–Trinajstić information content (AvgIpc) is 3.00. The Bertz CT molecular complexity index is 1020. The summed E-state index contributed by atoms with van der Waals surface area (Å²) in [4.78, 5) is 16.9. The molecule has 1 aliphatic carbocycles. The molecule has 0 unspecified atom stereocenters. The molecule has 7 nitrogen and oxygen atoms in total. The van der Waals surface area contributed by atoms with Crippen LogP contribution < -0.4 is 10.6 Å². The Morgan fingerprint density at radius 1 is 1.17 bits per heavy atom. The lowest BCUT2D eigenvalue weighted by atomic mass is 10.1. The van der Waals surface area contributed by atoms with Crippen molar-refractivity contribution in [3.05, 3.63) is 52.8 Å². The van der Waals surface area contributed by atoms with E-state index in [9.17, 15) is 13.2 Å². The average molecular weight is 449 g/mol. The van der Waals surface area contributed by atoms with E-state index in [-0.39, 0.29) is 30.1 Å². The molecule has 0 saturated heterocycles.